The van der Waals surface area contributed by atoms with E-state index in [1.165, 1.54) is 0 Å². The van der Waals surface area contributed by atoms with Crippen molar-refractivity contribution in [3.63, 3.8) is 0 Å². The van der Waals surface area contributed by atoms with Crippen molar-refractivity contribution in [2.45, 2.75) is 0 Å². The lowest BCUT2D eigenvalue weighted by Crippen LogP contribution is -2.02. The predicted molar refractivity (Wildman–Crippen MR) is 97.2 cm³/mol. The van der Waals surface area contributed by atoms with Gasteiger partial charge in [0, 0.05) is 34.3 Å². The van der Waals surface area contributed by atoms with Gasteiger partial charge in [-0.05, 0) is 24.3 Å². The number of para-hydroxylation sites is 2. The Balaban J connectivity index is 0.00000156. The molecule has 0 saturated carbocycles. The highest BCUT2D eigenvalue weighted by Gasteiger charge is 2.11. The van der Waals surface area contributed by atoms with Gasteiger partial charge in [0.1, 0.15) is 0 Å². The van der Waals surface area contributed by atoms with E-state index in [1.54, 1.807) is 12.4 Å². The Labute approximate surface area is 143 Å². The van der Waals surface area contributed by atoms with Crippen molar-refractivity contribution in [3.8, 4) is 0 Å². The molecule has 112 valence electrons. The molecule has 4 aromatic rings. The molecule has 0 amide bonds. The Morgan fingerprint density at radius 1 is 0.696 bits per heavy atom. The first kappa shape index (κ1) is 15.3. The number of hydrogen-bond donors (Lipinski definition) is 0. The third-order valence-electron chi connectivity index (χ3n) is 3.71. The van der Waals surface area contributed by atoms with Gasteiger partial charge in [0.15, 0.2) is 5.78 Å². The van der Waals surface area contributed by atoms with Crippen molar-refractivity contribution < 1.29 is 4.79 Å². The highest BCUT2D eigenvalue weighted by Crippen LogP contribution is 2.18. The molecule has 0 aliphatic heterocycles. The third kappa shape index (κ3) is 2.85. The summed E-state index contributed by atoms with van der Waals surface area (Å²) in [5, 5.41) is 1.92. The van der Waals surface area contributed by atoms with E-state index < -0.39 is 0 Å². The third-order valence-corrected chi connectivity index (χ3v) is 3.71. The van der Waals surface area contributed by atoms with Gasteiger partial charge in [-0.3, -0.25) is 14.8 Å². The fourth-order valence-electron chi connectivity index (χ4n) is 2.56. The zero-order valence-corrected chi connectivity index (χ0v) is 13.9. The molecule has 0 spiro atoms. The maximum Gasteiger partial charge on any atom is 0.196 e. The normalized spacial score (nSPS) is 10.4. The summed E-state index contributed by atoms with van der Waals surface area (Å²) in [7, 11) is 0. The van der Waals surface area contributed by atoms with Crippen molar-refractivity contribution in [1.82, 2.24) is 9.97 Å². The number of hydrogen-bond acceptors (Lipinski definition) is 3. The van der Waals surface area contributed by atoms with Crippen LogP contribution in [0.25, 0.3) is 21.8 Å². The molecule has 4 heteroatoms. The standard InChI is InChI=1S/C19H12N2O.BrH/c22-19(15-9-13-5-1-3-7-17(13)20-11-15)16-10-14-6-2-4-8-18(14)21-12-16;/h1-12H;1H. The lowest BCUT2D eigenvalue weighted by Gasteiger charge is -2.04. The Kier molecular flexibility index (Phi) is 4.17. The Morgan fingerprint density at radius 3 is 1.61 bits per heavy atom. The zero-order chi connectivity index (χ0) is 14.9. The van der Waals surface area contributed by atoms with E-state index in [2.05, 4.69) is 9.97 Å². The number of rotatable bonds is 2. The Bertz CT molecular complexity index is 933. The van der Waals surface area contributed by atoms with Gasteiger partial charge in [-0.15, -0.1) is 17.0 Å². The quantitative estimate of drug-likeness (QED) is 0.488. The maximum atomic E-state index is 12.7. The Hall–Kier alpha value is -2.59. The van der Waals surface area contributed by atoms with Crippen LogP contribution in [-0.2, 0) is 0 Å². The molecule has 0 saturated heterocycles. The monoisotopic (exact) mass is 364 g/mol. The highest BCUT2D eigenvalue weighted by atomic mass is 79.9. The topological polar surface area (TPSA) is 42.9 Å². The first-order valence-corrected chi connectivity index (χ1v) is 7.05. The van der Waals surface area contributed by atoms with Crippen molar-refractivity contribution in [2.75, 3.05) is 0 Å². The number of ketones is 1. The van der Waals surface area contributed by atoms with Gasteiger partial charge < -0.3 is 0 Å². The number of aromatic nitrogens is 2. The van der Waals surface area contributed by atoms with E-state index in [1.807, 2.05) is 60.7 Å². The second kappa shape index (κ2) is 6.26. The van der Waals surface area contributed by atoms with Gasteiger partial charge >= 0.3 is 0 Å². The van der Waals surface area contributed by atoms with Crippen LogP contribution in [0.3, 0.4) is 0 Å². The van der Waals surface area contributed by atoms with Crippen LogP contribution in [0.15, 0.2) is 73.1 Å². The minimum Gasteiger partial charge on any atom is -0.288 e. The summed E-state index contributed by atoms with van der Waals surface area (Å²) in [4.78, 5) is 21.4. The maximum absolute atomic E-state index is 12.7. The van der Waals surface area contributed by atoms with Crippen LogP contribution >= 0.6 is 17.0 Å². The van der Waals surface area contributed by atoms with Crippen LogP contribution in [0.4, 0.5) is 0 Å². The van der Waals surface area contributed by atoms with Crippen LogP contribution in [-0.4, -0.2) is 15.8 Å². The number of carbonyl (C=O) groups is 1. The molecule has 0 N–H and O–H groups in total. The van der Waals surface area contributed by atoms with E-state index in [0.29, 0.717) is 11.1 Å². The van der Waals surface area contributed by atoms with Crippen molar-refractivity contribution in [1.29, 1.82) is 0 Å². The molecule has 0 aliphatic carbocycles. The number of carbonyl (C=O) groups excluding carboxylic acids is 1. The fourth-order valence-corrected chi connectivity index (χ4v) is 2.56. The highest BCUT2D eigenvalue weighted by molar-refractivity contribution is 8.93. The Morgan fingerprint density at radius 2 is 1.13 bits per heavy atom. The molecule has 3 nitrogen and oxygen atoms in total. The molecule has 0 unspecified atom stereocenters. The van der Waals surface area contributed by atoms with Crippen LogP contribution in [0.1, 0.15) is 15.9 Å². The number of pyridine rings is 2. The van der Waals surface area contributed by atoms with Gasteiger partial charge in [0.2, 0.25) is 0 Å². The van der Waals surface area contributed by atoms with E-state index >= 15 is 0 Å². The van der Waals surface area contributed by atoms with Crippen molar-refractivity contribution in [2.24, 2.45) is 0 Å². The van der Waals surface area contributed by atoms with Gasteiger partial charge in [-0.25, -0.2) is 0 Å². The van der Waals surface area contributed by atoms with E-state index in [-0.39, 0.29) is 22.8 Å². The SMILES string of the molecule is Br.O=C(c1cnc2ccccc2c1)c1cnc2ccccc2c1. The zero-order valence-electron chi connectivity index (χ0n) is 12.1. The summed E-state index contributed by atoms with van der Waals surface area (Å²) in [6, 6.07) is 19.3. The summed E-state index contributed by atoms with van der Waals surface area (Å²) >= 11 is 0. The average molecular weight is 365 g/mol. The molecule has 2 aromatic heterocycles. The molecule has 2 heterocycles. The molecular formula is C19H13BrN2O. The van der Waals surface area contributed by atoms with Crippen LogP contribution in [0.5, 0.6) is 0 Å². The lowest BCUT2D eigenvalue weighted by molar-refractivity contribution is 0.103. The summed E-state index contributed by atoms with van der Waals surface area (Å²) in [5.74, 6) is -0.0588. The summed E-state index contributed by atoms with van der Waals surface area (Å²) in [5.41, 5.74) is 2.93. The fraction of sp³-hybridized carbons (Fsp3) is 0. The molecule has 0 atom stereocenters. The second-order valence-electron chi connectivity index (χ2n) is 5.16. The lowest BCUT2D eigenvalue weighted by atomic mass is 10.0. The smallest absolute Gasteiger partial charge is 0.196 e. The minimum absolute atomic E-state index is 0. The van der Waals surface area contributed by atoms with Gasteiger partial charge in [-0.2, -0.15) is 0 Å². The van der Waals surface area contributed by atoms with E-state index in [0.717, 1.165) is 21.8 Å². The van der Waals surface area contributed by atoms with Crippen molar-refractivity contribution in [3.05, 3.63) is 84.2 Å². The second-order valence-corrected chi connectivity index (χ2v) is 5.16. The van der Waals surface area contributed by atoms with Crippen LogP contribution in [0.2, 0.25) is 0 Å². The first-order valence-electron chi connectivity index (χ1n) is 7.05. The molecule has 0 fully saturated rings. The van der Waals surface area contributed by atoms with Gasteiger partial charge in [-0.1, -0.05) is 36.4 Å². The first-order chi connectivity index (χ1) is 10.8. The minimum atomic E-state index is -0.0588. The molecule has 0 radical (unpaired) electrons. The number of fused-ring (bicyclic) bond motifs is 2. The number of halogens is 1. The molecule has 2 aromatic carbocycles. The average Bonchev–Trinajstić information content (AvgIpc) is 2.60. The van der Waals surface area contributed by atoms with Gasteiger partial charge in [0.05, 0.1) is 11.0 Å². The summed E-state index contributed by atoms with van der Waals surface area (Å²) < 4.78 is 0. The van der Waals surface area contributed by atoms with Crippen molar-refractivity contribution >= 4 is 44.6 Å². The molecule has 4 rings (SSSR count). The number of nitrogens with zero attached hydrogens (tertiary/aromatic N) is 2. The molecular weight excluding hydrogens is 352 g/mol. The predicted octanol–water partition coefficient (Wildman–Crippen LogP) is 4.59. The largest absolute Gasteiger partial charge is 0.288 e. The van der Waals surface area contributed by atoms with E-state index in [9.17, 15) is 4.79 Å². The van der Waals surface area contributed by atoms with Crippen LogP contribution in [0, 0.1) is 0 Å². The van der Waals surface area contributed by atoms with Crippen LogP contribution < -0.4 is 0 Å². The van der Waals surface area contributed by atoms with Gasteiger partial charge in [0.25, 0.3) is 0 Å². The summed E-state index contributed by atoms with van der Waals surface area (Å²) in [6.45, 7) is 0. The molecule has 23 heavy (non-hydrogen) atoms. The molecule has 0 bridgehead atoms. The van der Waals surface area contributed by atoms with E-state index in [4.69, 9.17) is 0 Å². The molecule has 0 aliphatic rings. The summed E-state index contributed by atoms with van der Waals surface area (Å²) in [6.07, 6.45) is 3.25. The number of benzene rings is 2.